The van der Waals surface area contributed by atoms with Crippen molar-refractivity contribution in [3.05, 3.63) is 0 Å². The summed E-state index contributed by atoms with van der Waals surface area (Å²) in [5.74, 6) is 0. The molecule has 0 bridgehead atoms. The second-order valence-corrected chi connectivity index (χ2v) is 23.3. The van der Waals surface area contributed by atoms with Gasteiger partial charge in [-0.2, -0.15) is 21.6 Å². The van der Waals surface area contributed by atoms with Gasteiger partial charge in [0.1, 0.15) is 0 Å². The van der Waals surface area contributed by atoms with Crippen molar-refractivity contribution in [2.24, 2.45) is 0 Å². The molecule has 114 valence electrons. The van der Waals surface area contributed by atoms with Crippen LogP contribution in [0.4, 0.5) is 26.3 Å². The minimum Gasteiger partial charge on any atom is -0.279 e. The fourth-order valence-electron chi connectivity index (χ4n) is 0.0661. The van der Waals surface area contributed by atoms with E-state index < -0.39 is 43.2 Å². The molecule has 0 aromatic heterocycles. The summed E-state index contributed by atoms with van der Waals surface area (Å²) in [7, 11) is -6.10. The third-order valence-electron chi connectivity index (χ3n) is 0.723. The third kappa shape index (κ3) is 6.92. The first-order valence-electron chi connectivity index (χ1n) is 2.83. The van der Waals surface area contributed by atoms with Gasteiger partial charge in [0.2, 0.25) is 0 Å². The second kappa shape index (κ2) is 6.59. The molecule has 0 unspecified atom stereocenters. The SMILES string of the molecule is O=S(=O)(I(Cl)Br)C(F)(F)F.O=S(=O)(O)C(F)(F)F. The first-order valence-corrected chi connectivity index (χ1v) is 15.9. The second-order valence-electron chi connectivity index (χ2n) is 1.98. The van der Waals surface area contributed by atoms with E-state index in [2.05, 4.69) is 12.7 Å². The van der Waals surface area contributed by atoms with Gasteiger partial charge in [-0.3, -0.25) is 4.55 Å². The van der Waals surface area contributed by atoms with Crippen LogP contribution in [0.2, 0.25) is 0 Å². The molecule has 0 heterocycles. The minimum absolute atomic E-state index is 2.25. The van der Waals surface area contributed by atoms with Crippen LogP contribution in [0.25, 0.3) is 0 Å². The van der Waals surface area contributed by atoms with E-state index in [4.69, 9.17) is 21.9 Å². The molecule has 0 aliphatic rings. The number of hydrogen-bond donors (Lipinski definition) is 1. The molecule has 0 rings (SSSR count). The first kappa shape index (κ1) is 21.2. The molecule has 0 saturated carbocycles. The molecular formula is C2HBrClF6IO5S2. The summed E-state index contributed by atoms with van der Waals surface area (Å²) in [5.41, 5.74) is -10.8. The molecule has 0 aromatic rings. The van der Waals surface area contributed by atoms with Gasteiger partial charge in [-0.1, -0.05) is 0 Å². The Morgan fingerprint density at radius 3 is 1.17 bits per heavy atom. The molecule has 5 nitrogen and oxygen atoms in total. The van der Waals surface area contributed by atoms with Crippen LogP contribution in [0.5, 0.6) is 0 Å². The van der Waals surface area contributed by atoms with Crippen molar-refractivity contribution in [2.45, 2.75) is 11.0 Å². The number of alkyl halides is 6. The van der Waals surface area contributed by atoms with Crippen molar-refractivity contribution in [2.75, 3.05) is 0 Å². The van der Waals surface area contributed by atoms with Crippen molar-refractivity contribution in [1.82, 2.24) is 0 Å². The van der Waals surface area contributed by atoms with E-state index in [0.717, 1.165) is 0 Å². The summed E-state index contributed by atoms with van der Waals surface area (Å²) in [6.45, 7) is 0. The van der Waals surface area contributed by atoms with Crippen LogP contribution in [-0.4, -0.2) is 32.4 Å². The van der Waals surface area contributed by atoms with E-state index in [-0.39, 0.29) is 0 Å². The normalized spacial score (nSPS) is 14.6. The quantitative estimate of drug-likeness (QED) is 0.187. The summed E-state index contributed by atoms with van der Waals surface area (Å²) in [6, 6.07) is 0. The van der Waals surface area contributed by atoms with Crippen molar-refractivity contribution in [3.8, 4) is 0 Å². The minimum atomic E-state index is -5.84. The zero-order chi connectivity index (χ0) is 15.6. The van der Waals surface area contributed by atoms with Gasteiger partial charge in [-0.15, -0.1) is 0 Å². The van der Waals surface area contributed by atoms with E-state index >= 15 is 0 Å². The molecule has 0 spiro atoms. The molecule has 0 aromatic carbocycles. The van der Waals surface area contributed by atoms with Crippen LogP contribution < -0.4 is 0 Å². The van der Waals surface area contributed by atoms with Crippen LogP contribution in [0, 0.1) is 0 Å². The molecule has 0 aliphatic carbocycles. The zero-order valence-corrected chi connectivity index (χ0v) is 13.4. The monoisotopic (exact) mass is 524 g/mol. The van der Waals surface area contributed by atoms with Gasteiger partial charge in [-0.25, -0.2) is 0 Å². The smallest absolute Gasteiger partial charge is 0.279 e. The van der Waals surface area contributed by atoms with Crippen molar-refractivity contribution >= 4 is 53.8 Å². The fourth-order valence-corrected chi connectivity index (χ4v) is 5.45. The maximum Gasteiger partial charge on any atom is 0.522 e. The predicted octanol–water partition coefficient (Wildman–Crippen LogP) is 3.20. The molecule has 18 heavy (non-hydrogen) atoms. The average molecular weight is 525 g/mol. The Morgan fingerprint density at radius 2 is 1.17 bits per heavy atom. The van der Waals surface area contributed by atoms with Crippen LogP contribution in [0.3, 0.4) is 0 Å². The van der Waals surface area contributed by atoms with Gasteiger partial charge in [0, 0.05) is 0 Å². The van der Waals surface area contributed by atoms with Gasteiger partial charge in [-0.05, 0) is 0 Å². The van der Waals surface area contributed by atoms with Crippen LogP contribution in [0.1, 0.15) is 0 Å². The summed E-state index contributed by atoms with van der Waals surface area (Å²) < 4.78 is 112. The maximum absolute atomic E-state index is 11.4. The van der Waals surface area contributed by atoms with Crippen molar-refractivity contribution in [1.29, 1.82) is 0 Å². The molecule has 0 fully saturated rings. The van der Waals surface area contributed by atoms with Crippen LogP contribution in [0.15, 0.2) is 0 Å². The Labute approximate surface area is 112 Å². The molecule has 16 heteroatoms. The van der Waals surface area contributed by atoms with Crippen molar-refractivity contribution < 1.29 is 47.7 Å². The average Bonchev–Trinajstić information content (AvgIpc) is 1.98. The van der Waals surface area contributed by atoms with E-state index in [1.165, 1.54) is 0 Å². The summed E-state index contributed by atoms with van der Waals surface area (Å²) in [6.07, 6.45) is 0. The number of hydrogen-bond acceptors (Lipinski definition) is 4. The largest absolute Gasteiger partial charge is 0.522 e. The van der Waals surface area contributed by atoms with Gasteiger partial charge in [0.15, 0.2) is 0 Å². The molecule has 0 atom stereocenters. The Hall–Kier alpha value is 0.940. The molecule has 0 aliphatic heterocycles. The van der Waals surface area contributed by atoms with Crippen LogP contribution >= 0.6 is 36.7 Å². The Kier molecular flexibility index (Phi) is 7.78. The van der Waals surface area contributed by atoms with Gasteiger partial charge in [0.05, 0.1) is 0 Å². The third-order valence-corrected chi connectivity index (χ3v) is 15.9. The summed E-state index contributed by atoms with van der Waals surface area (Å²) in [5, 5.41) is 0. The molecule has 0 radical (unpaired) electrons. The zero-order valence-electron chi connectivity index (χ0n) is 7.30. The van der Waals surface area contributed by atoms with E-state index in [9.17, 15) is 34.8 Å². The van der Waals surface area contributed by atoms with Gasteiger partial charge < -0.3 is 0 Å². The molecular weight excluding hydrogens is 524 g/mol. The summed E-state index contributed by atoms with van der Waals surface area (Å²) in [4.78, 5) is 0. The Morgan fingerprint density at radius 1 is 0.944 bits per heavy atom. The molecule has 0 amide bonds. The molecule has 0 saturated heterocycles. The number of rotatable bonds is 1. The predicted molar refractivity (Wildman–Crippen MR) is 61.4 cm³/mol. The summed E-state index contributed by atoms with van der Waals surface area (Å²) >= 11 is -1.29. The molecule has 1 N–H and O–H groups in total. The van der Waals surface area contributed by atoms with Crippen LogP contribution in [-0.2, 0) is 17.1 Å². The standard InChI is InChI=1S/CBrClF3IO2S.CHF3O3S/c2-7(3)10(8,9)1(4,5)6;2-1(3,4)8(5,6)7/h;(H,5,6,7). The number of halogens is 9. The van der Waals surface area contributed by atoms with Crippen molar-refractivity contribution in [3.63, 3.8) is 0 Å². The fraction of sp³-hybridized carbons (Fsp3) is 1.00. The van der Waals surface area contributed by atoms with Gasteiger partial charge >= 0.3 is 86.4 Å². The maximum atomic E-state index is 11.4. The first-order chi connectivity index (χ1) is 7.44. The topological polar surface area (TPSA) is 88.5 Å². The van der Waals surface area contributed by atoms with Gasteiger partial charge in [0.25, 0.3) is 0 Å². The van der Waals surface area contributed by atoms with E-state index in [0.29, 0.717) is 0 Å². The Bertz CT molecular complexity index is 465. The van der Waals surface area contributed by atoms with E-state index in [1.54, 1.807) is 0 Å². The van der Waals surface area contributed by atoms with E-state index in [1.807, 2.05) is 0 Å². The Balaban J connectivity index is 0.